The van der Waals surface area contributed by atoms with E-state index in [1.165, 1.54) is 12.1 Å². The molecule has 0 N–H and O–H groups in total. The van der Waals surface area contributed by atoms with Crippen molar-refractivity contribution in [2.24, 2.45) is 0 Å². The summed E-state index contributed by atoms with van der Waals surface area (Å²) in [6.45, 7) is 9.78. The van der Waals surface area contributed by atoms with Crippen LogP contribution in [0.3, 0.4) is 0 Å². The SMILES string of the molecule is CCOC(OCC)c1ccc(C(F)(F)[Si](C)(C)C)cc1. The van der Waals surface area contributed by atoms with Gasteiger partial charge in [0, 0.05) is 24.3 Å². The van der Waals surface area contributed by atoms with E-state index in [0.29, 0.717) is 13.2 Å². The average Bonchev–Trinajstić information content (AvgIpc) is 2.37. The molecule has 20 heavy (non-hydrogen) atoms. The van der Waals surface area contributed by atoms with Crippen LogP contribution < -0.4 is 0 Å². The van der Waals surface area contributed by atoms with Crippen molar-refractivity contribution in [3.05, 3.63) is 35.4 Å². The van der Waals surface area contributed by atoms with E-state index >= 15 is 0 Å². The topological polar surface area (TPSA) is 18.5 Å². The van der Waals surface area contributed by atoms with Crippen molar-refractivity contribution in [1.82, 2.24) is 0 Å². The lowest BCUT2D eigenvalue weighted by atomic mass is 10.1. The zero-order chi connectivity index (χ0) is 15.4. The minimum absolute atomic E-state index is 0.0761. The largest absolute Gasteiger partial charge is 0.349 e. The molecule has 0 spiro atoms. The predicted molar refractivity (Wildman–Crippen MR) is 79.7 cm³/mol. The number of hydrogen-bond acceptors (Lipinski definition) is 2. The fraction of sp³-hybridized carbons (Fsp3) is 0.600. The first-order valence-electron chi connectivity index (χ1n) is 6.95. The highest BCUT2D eigenvalue weighted by atomic mass is 28.3. The number of ether oxygens (including phenoxy) is 2. The first-order valence-corrected chi connectivity index (χ1v) is 10.5. The van der Waals surface area contributed by atoms with Crippen LogP contribution in [0.5, 0.6) is 0 Å². The monoisotopic (exact) mass is 302 g/mol. The Labute approximate surface area is 121 Å². The van der Waals surface area contributed by atoms with Gasteiger partial charge in [-0.05, 0) is 13.8 Å². The first kappa shape index (κ1) is 17.3. The molecule has 0 saturated carbocycles. The van der Waals surface area contributed by atoms with Gasteiger partial charge in [0.05, 0.1) is 0 Å². The maximum absolute atomic E-state index is 14.3. The molecule has 114 valence electrons. The summed E-state index contributed by atoms with van der Waals surface area (Å²) in [6.07, 6.45) is -0.487. The van der Waals surface area contributed by atoms with Gasteiger partial charge in [-0.2, -0.15) is 0 Å². The molecule has 0 heterocycles. The molecule has 0 bridgehead atoms. The van der Waals surface area contributed by atoms with Crippen molar-refractivity contribution >= 4 is 8.07 Å². The first-order chi connectivity index (χ1) is 9.24. The smallest absolute Gasteiger partial charge is 0.253 e. The van der Waals surface area contributed by atoms with Crippen molar-refractivity contribution in [2.75, 3.05) is 13.2 Å². The minimum Gasteiger partial charge on any atom is -0.349 e. The molecule has 0 amide bonds. The zero-order valence-corrected chi connectivity index (χ0v) is 13.9. The molecular formula is C15H24F2O2Si. The number of benzene rings is 1. The highest BCUT2D eigenvalue weighted by Crippen LogP contribution is 2.38. The van der Waals surface area contributed by atoms with Crippen molar-refractivity contribution < 1.29 is 18.3 Å². The summed E-state index contributed by atoms with van der Waals surface area (Å²) in [6, 6.07) is 6.30. The predicted octanol–water partition coefficient (Wildman–Crippen LogP) is 4.73. The lowest BCUT2D eigenvalue weighted by Crippen LogP contribution is -2.42. The quantitative estimate of drug-likeness (QED) is 0.535. The minimum atomic E-state index is -2.74. The summed E-state index contributed by atoms with van der Waals surface area (Å²) < 4.78 is 39.5. The van der Waals surface area contributed by atoms with E-state index in [4.69, 9.17) is 9.47 Å². The molecule has 0 unspecified atom stereocenters. The van der Waals surface area contributed by atoms with Gasteiger partial charge in [0.2, 0.25) is 0 Å². The molecule has 0 fully saturated rings. The second-order valence-corrected chi connectivity index (χ2v) is 10.8. The van der Waals surface area contributed by atoms with Crippen LogP contribution >= 0.6 is 0 Å². The average molecular weight is 302 g/mol. The van der Waals surface area contributed by atoms with Crippen molar-refractivity contribution in [2.45, 2.75) is 45.3 Å². The Balaban J connectivity index is 2.98. The lowest BCUT2D eigenvalue weighted by molar-refractivity contribution is -0.140. The summed E-state index contributed by atoms with van der Waals surface area (Å²) in [5, 5.41) is 0. The molecule has 0 aliphatic rings. The molecule has 5 heteroatoms. The Morgan fingerprint density at radius 3 is 1.80 bits per heavy atom. The van der Waals surface area contributed by atoms with Gasteiger partial charge < -0.3 is 9.47 Å². The maximum Gasteiger partial charge on any atom is 0.253 e. The summed E-state index contributed by atoms with van der Waals surface area (Å²) in [5.41, 5.74) is -1.89. The van der Waals surface area contributed by atoms with Crippen LogP contribution in [0.4, 0.5) is 8.78 Å². The van der Waals surface area contributed by atoms with E-state index in [1.807, 2.05) is 13.8 Å². The van der Waals surface area contributed by atoms with Crippen LogP contribution in [0, 0.1) is 0 Å². The van der Waals surface area contributed by atoms with Gasteiger partial charge >= 0.3 is 0 Å². The van der Waals surface area contributed by atoms with Crippen LogP contribution in [0.15, 0.2) is 24.3 Å². The molecule has 2 nitrogen and oxygen atoms in total. The molecule has 0 radical (unpaired) electrons. The number of hydrogen-bond donors (Lipinski definition) is 0. The second-order valence-electron chi connectivity index (χ2n) is 5.69. The maximum atomic E-state index is 14.3. The molecule has 1 aromatic carbocycles. The number of alkyl halides is 2. The van der Waals surface area contributed by atoms with Crippen molar-refractivity contribution in [3.8, 4) is 0 Å². The van der Waals surface area contributed by atoms with Crippen LogP contribution in [0.1, 0.15) is 31.3 Å². The van der Waals surface area contributed by atoms with Gasteiger partial charge in [0.25, 0.3) is 5.55 Å². The Morgan fingerprint density at radius 1 is 1.00 bits per heavy atom. The molecule has 0 aromatic heterocycles. The Morgan fingerprint density at radius 2 is 1.45 bits per heavy atom. The third kappa shape index (κ3) is 3.87. The molecule has 0 atom stereocenters. The van der Waals surface area contributed by atoms with Crippen molar-refractivity contribution in [1.29, 1.82) is 0 Å². The fourth-order valence-corrected chi connectivity index (χ4v) is 2.86. The molecule has 0 aliphatic carbocycles. The van der Waals surface area contributed by atoms with Gasteiger partial charge in [0.15, 0.2) is 6.29 Å². The summed E-state index contributed by atoms with van der Waals surface area (Å²) >= 11 is 0. The van der Waals surface area contributed by atoms with E-state index in [-0.39, 0.29) is 5.56 Å². The Bertz CT molecular complexity index is 407. The highest BCUT2D eigenvalue weighted by Gasteiger charge is 2.46. The van der Waals surface area contributed by atoms with Gasteiger partial charge in [-0.15, -0.1) is 0 Å². The van der Waals surface area contributed by atoms with Crippen LogP contribution in [-0.4, -0.2) is 21.3 Å². The van der Waals surface area contributed by atoms with Gasteiger partial charge in [-0.3, -0.25) is 0 Å². The zero-order valence-electron chi connectivity index (χ0n) is 12.9. The van der Waals surface area contributed by atoms with E-state index in [2.05, 4.69) is 0 Å². The molecule has 1 rings (SSSR count). The molecule has 1 aromatic rings. The van der Waals surface area contributed by atoms with E-state index in [0.717, 1.165) is 5.56 Å². The van der Waals surface area contributed by atoms with Crippen LogP contribution in [0.25, 0.3) is 0 Å². The number of halogens is 2. The molecule has 0 aliphatic heterocycles. The molecular weight excluding hydrogens is 278 g/mol. The van der Waals surface area contributed by atoms with E-state index in [1.54, 1.807) is 31.8 Å². The van der Waals surface area contributed by atoms with Crippen LogP contribution in [-0.2, 0) is 15.0 Å². The standard InChI is InChI=1S/C15H24F2O2Si/c1-6-18-14(19-7-2)12-8-10-13(11-9-12)15(16,17)20(3,4)5/h8-11,14H,6-7H2,1-5H3. The summed E-state index contributed by atoms with van der Waals surface area (Å²) in [7, 11) is -2.60. The lowest BCUT2D eigenvalue weighted by Gasteiger charge is -2.29. The fourth-order valence-electron chi connectivity index (χ4n) is 1.83. The second kappa shape index (κ2) is 6.78. The van der Waals surface area contributed by atoms with E-state index < -0.39 is 19.9 Å². The van der Waals surface area contributed by atoms with Gasteiger partial charge in [0.1, 0.15) is 8.07 Å². The summed E-state index contributed by atoms with van der Waals surface area (Å²) in [5.74, 6) is 0. The van der Waals surface area contributed by atoms with Crippen molar-refractivity contribution in [3.63, 3.8) is 0 Å². The van der Waals surface area contributed by atoms with Gasteiger partial charge in [-0.1, -0.05) is 43.9 Å². The normalized spacial score (nSPS) is 13.0. The summed E-state index contributed by atoms with van der Waals surface area (Å²) in [4.78, 5) is 0. The highest BCUT2D eigenvalue weighted by molar-refractivity contribution is 6.78. The van der Waals surface area contributed by atoms with Gasteiger partial charge in [-0.25, -0.2) is 8.78 Å². The Hall–Kier alpha value is -0.783. The Kier molecular flexibility index (Phi) is 5.86. The third-order valence-corrected chi connectivity index (χ3v) is 5.30. The number of rotatable bonds is 7. The third-order valence-electron chi connectivity index (χ3n) is 3.12. The van der Waals surface area contributed by atoms with Crippen LogP contribution in [0.2, 0.25) is 19.6 Å². The van der Waals surface area contributed by atoms with E-state index in [9.17, 15) is 8.78 Å². The molecule has 0 saturated heterocycles.